The Morgan fingerprint density at radius 1 is 1.14 bits per heavy atom. The van der Waals surface area contributed by atoms with Crippen LogP contribution in [-0.4, -0.2) is 24.5 Å². The van der Waals surface area contributed by atoms with Crippen molar-refractivity contribution in [3.63, 3.8) is 0 Å². The number of esters is 1. The second kappa shape index (κ2) is 7.59. The summed E-state index contributed by atoms with van der Waals surface area (Å²) in [5.41, 5.74) is 6.66. The Morgan fingerprint density at radius 2 is 1.90 bits per heavy atom. The zero-order valence-corrected chi connectivity index (χ0v) is 11.8. The molecule has 5 nitrogen and oxygen atoms in total. The third-order valence-corrected chi connectivity index (χ3v) is 3.33. The van der Waals surface area contributed by atoms with Crippen LogP contribution in [0.15, 0.2) is 42.5 Å². The lowest BCUT2D eigenvalue weighted by molar-refractivity contribution is -0.146. The van der Waals surface area contributed by atoms with Crippen molar-refractivity contribution in [2.45, 2.75) is 31.3 Å². The maximum atomic E-state index is 11.9. The van der Waals surface area contributed by atoms with E-state index in [1.165, 1.54) is 0 Å². The van der Waals surface area contributed by atoms with Crippen LogP contribution in [0.1, 0.15) is 30.9 Å². The van der Waals surface area contributed by atoms with Crippen LogP contribution in [-0.2, 0) is 14.3 Å². The summed E-state index contributed by atoms with van der Waals surface area (Å²) in [7, 11) is 0. The molecule has 21 heavy (non-hydrogen) atoms. The Hall–Kier alpha value is -2.14. The lowest BCUT2D eigenvalue weighted by Gasteiger charge is -2.20. The molecule has 0 fully saturated rings. The summed E-state index contributed by atoms with van der Waals surface area (Å²) in [4.78, 5) is 23.7. The second-order valence-electron chi connectivity index (χ2n) is 5.01. The van der Waals surface area contributed by atoms with E-state index in [2.05, 4.69) is 5.32 Å². The van der Waals surface area contributed by atoms with Gasteiger partial charge in [0.1, 0.15) is 12.6 Å². The van der Waals surface area contributed by atoms with Crippen LogP contribution in [0.3, 0.4) is 0 Å². The second-order valence-corrected chi connectivity index (χ2v) is 5.01. The van der Waals surface area contributed by atoms with Gasteiger partial charge >= 0.3 is 5.97 Å². The van der Waals surface area contributed by atoms with Gasteiger partial charge in [-0.15, -0.1) is 0 Å². The van der Waals surface area contributed by atoms with Gasteiger partial charge in [0.05, 0.1) is 6.04 Å². The highest BCUT2D eigenvalue weighted by Crippen LogP contribution is 2.14. The summed E-state index contributed by atoms with van der Waals surface area (Å²) in [5, 5.41) is 2.90. The molecule has 3 N–H and O–H groups in total. The van der Waals surface area contributed by atoms with Crippen molar-refractivity contribution < 1.29 is 14.3 Å². The summed E-state index contributed by atoms with van der Waals surface area (Å²) in [6, 6.07) is 8.44. The molecule has 0 aromatic heterocycles. The summed E-state index contributed by atoms with van der Waals surface area (Å²) in [6.45, 7) is 0.0893. The van der Waals surface area contributed by atoms with Crippen molar-refractivity contribution in [1.82, 2.24) is 5.32 Å². The van der Waals surface area contributed by atoms with Gasteiger partial charge in [0.25, 0.3) is 0 Å². The third kappa shape index (κ3) is 4.72. The predicted octanol–water partition coefficient (Wildman–Crippen LogP) is 1.45. The Balaban J connectivity index is 2.13. The quantitative estimate of drug-likeness (QED) is 0.605. The normalized spacial score (nSPS) is 26.0. The smallest absolute Gasteiger partial charge is 0.323 e. The van der Waals surface area contributed by atoms with Crippen LogP contribution in [0.2, 0.25) is 0 Å². The number of nitrogens with one attached hydrogen (secondary N) is 1. The number of nitrogens with two attached hydrogens (primary N) is 1. The summed E-state index contributed by atoms with van der Waals surface area (Å²) < 4.78 is 5.23. The van der Waals surface area contributed by atoms with E-state index in [0.717, 1.165) is 5.56 Å². The molecule has 5 heteroatoms. The minimum absolute atomic E-state index is 0.0607. The van der Waals surface area contributed by atoms with Crippen molar-refractivity contribution in [1.29, 1.82) is 0 Å². The largest absolute Gasteiger partial charge is 0.462 e. The molecule has 1 aromatic carbocycles. The molecule has 1 amide bonds. The van der Waals surface area contributed by atoms with Gasteiger partial charge in [0.15, 0.2) is 0 Å². The number of benzene rings is 1. The van der Waals surface area contributed by atoms with Crippen LogP contribution >= 0.6 is 0 Å². The number of carbonyl (C=O) groups excluding carboxylic acids is 2. The van der Waals surface area contributed by atoms with Crippen LogP contribution in [0.4, 0.5) is 0 Å². The van der Waals surface area contributed by atoms with Crippen LogP contribution in [0.5, 0.6) is 0 Å². The van der Waals surface area contributed by atoms with Crippen molar-refractivity contribution in [2.24, 2.45) is 5.73 Å². The van der Waals surface area contributed by atoms with E-state index in [4.69, 9.17) is 10.5 Å². The average molecular weight is 288 g/mol. The molecule has 1 aliphatic rings. The van der Waals surface area contributed by atoms with Gasteiger partial charge in [-0.25, -0.2) is 0 Å². The van der Waals surface area contributed by atoms with Gasteiger partial charge in [0.2, 0.25) is 5.91 Å². The van der Waals surface area contributed by atoms with Gasteiger partial charge in [0, 0.05) is 6.42 Å². The van der Waals surface area contributed by atoms with E-state index >= 15 is 0 Å². The Labute approximate surface area is 124 Å². The van der Waals surface area contributed by atoms with Gasteiger partial charge in [-0.05, 0) is 18.4 Å². The highest BCUT2D eigenvalue weighted by Gasteiger charge is 2.20. The van der Waals surface area contributed by atoms with Crippen LogP contribution in [0.25, 0.3) is 0 Å². The number of allylic oxidation sites excluding steroid dienone is 1. The first-order valence-electron chi connectivity index (χ1n) is 7.08. The highest BCUT2D eigenvalue weighted by molar-refractivity contribution is 5.77. The number of amides is 1. The molecular weight excluding hydrogens is 268 g/mol. The molecule has 1 unspecified atom stereocenters. The average Bonchev–Trinajstić information content (AvgIpc) is 2.50. The molecule has 1 aliphatic heterocycles. The molecule has 1 heterocycles. The molecule has 0 saturated carbocycles. The third-order valence-electron chi connectivity index (χ3n) is 3.33. The van der Waals surface area contributed by atoms with Crippen LogP contribution < -0.4 is 11.1 Å². The van der Waals surface area contributed by atoms with E-state index in [0.29, 0.717) is 19.3 Å². The predicted molar refractivity (Wildman–Crippen MR) is 79.3 cm³/mol. The fourth-order valence-electron chi connectivity index (χ4n) is 2.12. The standard InChI is InChI=1S/C16H20N2O3/c17-13-9-5-2-6-10-15(19)18-14(11-21-16(13)20)12-7-3-1-4-8-12/h1-5,7-8,13-14H,6,9-11,17H2,(H,18,19)/b5-2+/t13-,14?/m1/s1. The molecule has 0 aliphatic carbocycles. The minimum Gasteiger partial charge on any atom is -0.462 e. The van der Waals surface area contributed by atoms with Crippen molar-refractivity contribution in [3.8, 4) is 0 Å². The first-order valence-corrected chi connectivity index (χ1v) is 7.08. The number of hydrogen-bond acceptors (Lipinski definition) is 4. The molecular formula is C16H20N2O3. The van der Waals surface area contributed by atoms with Crippen molar-refractivity contribution in [2.75, 3.05) is 6.61 Å². The Bertz CT molecular complexity index is 514. The van der Waals surface area contributed by atoms with Gasteiger partial charge in [-0.1, -0.05) is 42.5 Å². The van der Waals surface area contributed by atoms with E-state index in [1.807, 2.05) is 42.5 Å². The number of cyclic esters (lactones) is 1. The van der Waals surface area contributed by atoms with E-state index in [-0.39, 0.29) is 18.6 Å². The Kier molecular flexibility index (Phi) is 5.51. The number of ether oxygens (including phenoxy) is 1. The molecule has 0 bridgehead atoms. The van der Waals surface area contributed by atoms with E-state index in [1.54, 1.807) is 0 Å². The topological polar surface area (TPSA) is 81.4 Å². The van der Waals surface area contributed by atoms with Crippen molar-refractivity contribution in [3.05, 3.63) is 48.0 Å². The maximum absolute atomic E-state index is 11.9. The first-order chi connectivity index (χ1) is 10.2. The lowest BCUT2D eigenvalue weighted by atomic mass is 10.1. The Morgan fingerprint density at radius 3 is 2.67 bits per heavy atom. The van der Waals surface area contributed by atoms with E-state index in [9.17, 15) is 9.59 Å². The first kappa shape index (κ1) is 15.3. The van der Waals surface area contributed by atoms with Crippen LogP contribution in [0, 0.1) is 0 Å². The molecule has 1 aromatic rings. The molecule has 2 rings (SSSR count). The zero-order chi connectivity index (χ0) is 15.1. The molecule has 0 spiro atoms. The number of rotatable bonds is 1. The SMILES string of the molecule is N[C@@H]1C/C=C/CCC(=O)NC(c2ccccc2)COC1=O. The molecule has 0 saturated heterocycles. The van der Waals surface area contributed by atoms with Gasteiger partial charge in [-0.2, -0.15) is 0 Å². The van der Waals surface area contributed by atoms with Gasteiger partial charge < -0.3 is 15.8 Å². The minimum atomic E-state index is -0.659. The summed E-state index contributed by atoms with van der Waals surface area (Å²) in [5.74, 6) is -0.509. The molecule has 2 atom stereocenters. The molecule has 0 radical (unpaired) electrons. The summed E-state index contributed by atoms with van der Waals surface area (Å²) >= 11 is 0. The maximum Gasteiger partial charge on any atom is 0.323 e. The monoisotopic (exact) mass is 288 g/mol. The van der Waals surface area contributed by atoms with Gasteiger partial charge in [-0.3, -0.25) is 9.59 Å². The summed E-state index contributed by atoms with van der Waals surface area (Å²) in [6.07, 6.45) is 5.15. The zero-order valence-electron chi connectivity index (χ0n) is 11.8. The lowest BCUT2D eigenvalue weighted by Crippen LogP contribution is -2.36. The highest BCUT2D eigenvalue weighted by atomic mass is 16.5. The molecule has 112 valence electrons. The fourth-order valence-corrected chi connectivity index (χ4v) is 2.12. The number of hydrogen-bond donors (Lipinski definition) is 2. The number of carbonyl (C=O) groups is 2. The fraction of sp³-hybridized carbons (Fsp3) is 0.375. The van der Waals surface area contributed by atoms with Crippen molar-refractivity contribution >= 4 is 11.9 Å². The van der Waals surface area contributed by atoms with E-state index < -0.39 is 12.0 Å².